The fraction of sp³-hybridized carbons (Fsp3) is 0.533. The van der Waals surface area contributed by atoms with Gasteiger partial charge in [0.15, 0.2) is 0 Å². The topological polar surface area (TPSA) is 65.7 Å². The molecule has 0 saturated carbocycles. The van der Waals surface area contributed by atoms with Crippen molar-refractivity contribution in [3.63, 3.8) is 0 Å². The quantitative estimate of drug-likeness (QED) is 0.869. The molecule has 1 aromatic carbocycles. The number of β-amino-alcohol motifs (C(OH)–C–C–N with tert-alkyl or cyclic N) is 1. The smallest absolute Gasteiger partial charge is 0.137 e. The first-order valence-corrected chi connectivity index (χ1v) is 6.82. The summed E-state index contributed by atoms with van der Waals surface area (Å²) in [6, 6.07) is 9.42. The molecule has 1 saturated heterocycles. The van der Waals surface area contributed by atoms with Crippen molar-refractivity contribution in [2.75, 3.05) is 32.9 Å². The molecule has 1 heterocycles. The van der Waals surface area contributed by atoms with E-state index in [1.54, 1.807) is 18.2 Å². The maximum atomic E-state index is 10.1. The van der Waals surface area contributed by atoms with Crippen molar-refractivity contribution in [2.24, 2.45) is 0 Å². The lowest BCUT2D eigenvalue weighted by Crippen LogP contribution is -2.47. The summed E-state index contributed by atoms with van der Waals surface area (Å²) in [5, 5.41) is 19.0. The number of aliphatic hydroxyl groups excluding tert-OH is 1. The molecule has 2 rings (SSSR count). The molecule has 0 bridgehead atoms. The first-order chi connectivity index (χ1) is 9.70. The van der Waals surface area contributed by atoms with Gasteiger partial charge in [-0.3, -0.25) is 4.90 Å². The molecule has 1 aliphatic heterocycles. The number of morpholine rings is 1. The Morgan fingerprint density at radius 1 is 1.55 bits per heavy atom. The van der Waals surface area contributed by atoms with Crippen LogP contribution in [0.15, 0.2) is 24.3 Å². The van der Waals surface area contributed by atoms with Crippen LogP contribution in [0.2, 0.25) is 0 Å². The zero-order chi connectivity index (χ0) is 14.4. The summed E-state index contributed by atoms with van der Waals surface area (Å²) in [5.41, 5.74) is 0.486. The third-order valence-electron chi connectivity index (χ3n) is 3.39. The number of nitriles is 1. The van der Waals surface area contributed by atoms with Crippen molar-refractivity contribution >= 4 is 0 Å². The fourth-order valence-electron chi connectivity index (χ4n) is 2.23. The number of hydrogen-bond donors (Lipinski definition) is 1. The standard InChI is InChI=1S/C15H20N2O3/c1-12-10-19-7-6-17(12)9-14(18)11-20-15-5-3-2-4-13(15)8-16/h2-5,12,14,18H,6-7,9-11H2,1H3. The average molecular weight is 276 g/mol. The summed E-state index contributed by atoms with van der Waals surface area (Å²) in [6.45, 7) is 5.05. The van der Waals surface area contributed by atoms with Gasteiger partial charge in [0.2, 0.25) is 0 Å². The molecule has 5 heteroatoms. The molecule has 1 aliphatic rings. The van der Waals surface area contributed by atoms with Gasteiger partial charge in [-0.2, -0.15) is 5.26 Å². The van der Waals surface area contributed by atoms with Crippen molar-refractivity contribution in [3.05, 3.63) is 29.8 Å². The SMILES string of the molecule is CC1COCCN1CC(O)COc1ccccc1C#N. The lowest BCUT2D eigenvalue weighted by atomic mass is 10.2. The highest BCUT2D eigenvalue weighted by Gasteiger charge is 2.21. The Morgan fingerprint density at radius 2 is 2.35 bits per heavy atom. The second-order valence-electron chi connectivity index (χ2n) is 4.99. The molecule has 0 aliphatic carbocycles. The Morgan fingerprint density at radius 3 is 3.10 bits per heavy atom. The minimum absolute atomic E-state index is 0.183. The van der Waals surface area contributed by atoms with Crippen LogP contribution in [0.3, 0.4) is 0 Å². The molecule has 1 fully saturated rings. The maximum Gasteiger partial charge on any atom is 0.137 e. The van der Waals surface area contributed by atoms with Gasteiger partial charge in [-0.25, -0.2) is 0 Å². The van der Waals surface area contributed by atoms with Gasteiger partial charge in [0, 0.05) is 19.1 Å². The van der Waals surface area contributed by atoms with E-state index in [0.29, 0.717) is 37.1 Å². The lowest BCUT2D eigenvalue weighted by Gasteiger charge is -2.34. The van der Waals surface area contributed by atoms with Crippen LogP contribution in [0, 0.1) is 11.3 Å². The highest BCUT2D eigenvalue weighted by atomic mass is 16.5. The van der Waals surface area contributed by atoms with E-state index in [-0.39, 0.29) is 6.61 Å². The van der Waals surface area contributed by atoms with Crippen molar-refractivity contribution < 1.29 is 14.6 Å². The van der Waals surface area contributed by atoms with Crippen LogP contribution in [0.1, 0.15) is 12.5 Å². The Labute approximate surface area is 119 Å². The summed E-state index contributed by atoms with van der Waals surface area (Å²) in [7, 11) is 0. The lowest BCUT2D eigenvalue weighted by molar-refractivity contribution is -0.0265. The maximum absolute atomic E-state index is 10.1. The van der Waals surface area contributed by atoms with E-state index in [2.05, 4.69) is 17.9 Å². The van der Waals surface area contributed by atoms with Gasteiger partial charge in [-0.05, 0) is 19.1 Å². The van der Waals surface area contributed by atoms with Gasteiger partial charge >= 0.3 is 0 Å². The zero-order valence-corrected chi connectivity index (χ0v) is 11.7. The Hall–Kier alpha value is -1.61. The van der Waals surface area contributed by atoms with Crippen LogP contribution in [-0.4, -0.2) is 55.1 Å². The fourth-order valence-corrected chi connectivity index (χ4v) is 2.23. The highest BCUT2D eigenvalue weighted by Crippen LogP contribution is 2.17. The second kappa shape index (κ2) is 7.25. The average Bonchev–Trinajstić information content (AvgIpc) is 2.48. The molecule has 1 aromatic rings. The van der Waals surface area contributed by atoms with E-state index in [4.69, 9.17) is 14.7 Å². The van der Waals surface area contributed by atoms with E-state index in [1.165, 1.54) is 0 Å². The molecule has 2 unspecified atom stereocenters. The summed E-state index contributed by atoms with van der Waals surface area (Å²) in [5.74, 6) is 0.518. The molecule has 0 spiro atoms. The molecule has 5 nitrogen and oxygen atoms in total. The highest BCUT2D eigenvalue weighted by molar-refractivity contribution is 5.42. The number of hydrogen-bond acceptors (Lipinski definition) is 5. The number of nitrogens with zero attached hydrogens (tertiary/aromatic N) is 2. The largest absolute Gasteiger partial charge is 0.489 e. The van der Waals surface area contributed by atoms with Crippen molar-refractivity contribution in [2.45, 2.75) is 19.1 Å². The van der Waals surface area contributed by atoms with Gasteiger partial charge < -0.3 is 14.6 Å². The summed E-state index contributed by atoms with van der Waals surface area (Å²) in [4.78, 5) is 2.19. The molecular weight excluding hydrogens is 256 g/mol. The summed E-state index contributed by atoms with van der Waals surface area (Å²) in [6.07, 6.45) is -0.581. The third-order valence-corrected chi connectivity index (χ3v) is 3.39. The number of ether oxygens (including phenoxy) is 2. The number of benzene rings is 1. The predicted molar refractivity (Wildman–Crippen MR) is 74.5 cm³/mol. The van der Waals surface area contributed by atoms with Crippen LogP contribution in [0.4, 0.5) is 0 Å². The molecule has 0 radical (unpaired) electrons. The van der Waals surface area contributed by atoms with E-state index in [1.807, 2.05) is 6.07 Å². The normalized spacial score (nSPS) is 21.1. The first kappa shape index (κ1) is 14.8. The number of para-hydroxylation sites is 1. The van der Waals surface area contributed by atoms with Crippen LogP contribution in [-0.2, 0) is 4.74 Å². The van der Waals surface area contributed by atoms with Gasteiger partial charge in [0.1, 0.15) is 24.5 Å². The van der Waals surface area contributed by atoms with Crippen molar-refractivity contribution in [3.8, 4) is 11.8 Å². The Bertz CT molecular complexity index is 472. The molecule has 1 N–H and O–H groups in total. The number of rotatable bonds is 5. The van der Waals surface area contributed by atoms with Gasteiger partial charge in [0.05, 0.1) is 18.8 Å². The second-order valence-corrected chi connectivity index (χ2v) is 4.99. The Balaban J connectivity index is 1.83. The molecule has 2 atom stereocenters. The van der Waals surface area contributed by atoms with Gasteiger partial charge in [-0.1, -0.05) is 12.1 Å². The number of aliphatic hydroxyl groups is 1. The van der Waals surface area contributed by atoms with Crippen LogP contribution >= 0.6 is 0 Å². The van der Waals surface area contributed by atoms with E-state index in [9.17, 15) is 5.11 Å². The third kappa shape index (κ3) is 3.94. The molecule has 108 valence electrons. The first-order valence-electron chi connectivity index (χ1n) is 6.82. The summed E-state index contributed by atoms with van der Waals surface area (Å²) >= 11 is 0. The molecule has 20 heavy (non-hydrogen) atoms. The predicted octanol–water partition coefficient (Wildman–Crippen LogP) is 1.02. The van der Waals surface area contributed by atoms with Crippen LogP contribution in [0.5, 0.6) is 5.75 Å². The minimum atomic E-state index is -0.581. The molecule has 0 aromatic heterocycles. The van der Waals surface area contributed by atoms with Gasteiger partial charge in [0.25, 0.3) is 0 Å². The monoisotopic (exact) mass is 276 g/mol. The summed E-state index contributed by atoms with van der Waals surface area (Å²) < 4.78 is 10.9. The van der Waals surface area contributed by atoms with E-state index < -0.39 is 6.10 Å². The van der Waals surface area contributed by atoms with Crippen LogP contribution in [0.25, 0.3) is 0 Å². The van der Waals surface area contributed by atoms with E-state index in [0.717, 1.165) is 6.54 Å². The van der Waals surface area contributed by atoms with Crippen LogP contribution < -0.4 is 4.74 Å². The zero-order valence-electron chi connectivity index (χ0n) is 11.7. The van der Waals surface area contributed by atoms with E-state index >= 15 is 0 Å². The van der Waals surface area contributed by atoms with Gasteiger partial charge in [-0.15, -0.1) is 0 Å². The molecular formula is C15H20N2O3. The van der Waals surface area contributed by atoms with Crippen molar-refractivity contribution in [1.82, 2.24) is 4.90 Å². The molecule has 0 amide bonds. The minimum Gasteiger partial charge on any atom is -0.489 e. The van der Waals surface area contributed by atoms with Crippen molar-refractivity contribution in [1.29, 1.82) is 5.26 Å². The Kier molecular flexibility index (Phi) is 5.36.